The predicted molar refractivity (Wildman–Crippen MR) is 108 cm³/mol. The molecule has 9 heteroatoms. The van der Waals surface area contributed by atoms with Gasteiger partial charge in [-0.2, -0.15) is 4.31 Å². The normalized spacial score (nSPS) is 15.4. The van der Waals surface area contributed by atoms with E-state index in [-0.39, 0.29) is 22.6 Å². The van der Waals surface area contributed by atoms with E-state index in [0.717, 1.165) is 25.7 Å². The highest BCUT2D eigenvalue weighted by Gasteiger charge is 2.25. The predicted octanol–water partition coefficient (Wildman–Crippen LogP) is 3.30. The molecule has 0 unspecified atom stereocenters. The van der Waals surface area contributed by atoms with Crippen molar-refractivity contribution in [3.05, 3.63) is 53.0 Å². The maximum absolute atomic E-state index is 12.8. The minimum atomic E-state index is -3.57. The molecule has 0 bridgehead atoms. The fourth-order valence-corrected chi connectivity index (χ4v) is 4.86. The van der Waals surface area contributed by atoms with Gasteiger partial charge in [0, 0.05) is 13.1 Å². The Hall–Kier alpha value is -2.65. The van der Waals surface area contributed by atoms with Gasteiger partial charge >= 0.3 is 11.9 Å². The first-order chi connectivity index (χ1) is 14.3. The number of furan rings is 1. The van der Waals surface area contributed by atoms with Crippen LogP contribution in [0, 0.1) is 6.92 Å². The number of methoxy groups -OCH3 is 1. The second kappa shape index (κ2) is 9.44. The number of carbonyl (C=O) groups is 2. The number of aryl methyl sites for hydroxylation is 1. The molecule has 162 valence electrons. The smallest absolute Gasteiger partial charge is 0.341 e. The Balaban J connectivity index is 1.64. The van der Waals surface area contributed by atoms with Crippen molar-refractivity contribution in [2.75, 3.05) is 20.2 Å². The summed E-state index contributed by atoms with van der Waals surface area (Å²) >= 11 is 0. The van der Waals surface area contributed by atoms with Crippen LogP contribution in [0.25, 0.3) is 0 Å². The number of benzene rings is 1. The third-order valence-corrected chi connectivity index (χ3v) is 6.93. The molecule has 1 aliphatic heterocycles. The number of sulfonamides is 1. The summed E-state index contributed by atoms with van der Waals surface area (Å²) in [6.45, 7) is 2.48. The van der Waals surface area contributed by atoms with Crippen molar-refractivity contribution in [3.8, 4) is 0 Å². The molecule has 1 fully saturated rings. The van der Waals surface area contributed by atoms with Crippen molar-refractivity contribution in [2.45, 2.75) is 44.1 Å². The maximum atomic E-state index is 12.8. The van der Waals surface area contributed by atoms with E-state index in [1.807, 2.05) is 0 Å². The van der Waals surface area contributed by atoms with Gasteiger partial charge in [0.2, 0.25) is 10.0 Å². The van der Waals surface area contributed by atoms with E-state index >= 15 is 0 Å². The molecule has 0 atom stereocenters. The largest absolute Gasteiger partial charge is 0.465 e. The fraction of sp³-hybridized carbons (Fsp3) is 0.429. The summed E-state index contributed by atoms with van der Waals surface area (Å²) in [6, 6.07) is 7.17. The van der Waals surface area contributed by atoms with Crippen molar-refractivity contribution in [1.82, 2.24) is 4.31 Å². The highest BCUT2D eigenvalue weighted by molar-refractivity contribution is 7.89. The maximum Gasteiger partial charge on any atom is 0.341 e. The molecule has 0 radical (unpaired) electrons. The van der Waals surface area contributed by atoms with Crippen LogP contribution in [0.2, 0.25) is 0 Å². The van der Waals surface area contributed by atoms with E-state index in [4.69, 9.17) is 9.15 Å². The summed E-state index contributed by atoms with van der Waals surface area (Å²) in [6.07, 6.45) is 3.78. The van der Waals surface area contributed by atoms with Gasteiger partial charge in [0.1, 0.15) is 23.7 Å². The van der Waals surface area contributed by atoms with Crippen LogP contribution in [0.15, 0.2) is 39.6 Å². The Morgan fingerprint density at radius 1 is 1.03 bits per heavy atom. The van der Waals surface area contributed by atoms with Crippen LogP contribution in [0.5, 0.6) is 0 Å². The van der Waals surface area contributed by atoms with E-state index in [9.17, 15) is 18.0 Å². The average Bonchev–Trinajstić information content (AvgIpc) is 2.94. The Bertz CT molecular complexity index is 1000. The minimum absolute atomic E-state index is 0.158. The fourth-order valence-electron chi connectivity index (χ4n) is 3.34. The third kappa shape index (κ3) is 4.91. The Labute approximate surface area is 175 Å². The third-order valence-electron chi connectivity index (χ3n) is 5.01. The van der Waals surface area contributed by atoms with Crippen LogP contribution < -0.4 is 0 Å². The van der Waals surface area contributed by atoms with Gasteiger partial charge in [-0.1, -0.05) is 12.8 Å². The Morgan fingerprint density at radius 3 is 2.27 bits per heavy atom. The van der Waals surface area contributed by atoms with Crippen LogP contribution >= 0.6 is 0 Å². The van der Waals surface area contributed by atoms with E-state index in [1.165, 1.54) is 41.7 Å². The monoisotopic (exact) mass is 435 g/mol. The second-order valence-electron chi connectivity index (χ2n) is 7.09. The molecule has 3 rings (SSSR count). The molecule has 0 saturated carbocycles. The molecule has 8 nitrogen and oxygen atoms in total. The molecule has 0 amide bonds. The second-order valence-corrected chi connectivity index (χ2v) is 9.03. The number of carbonyl (C=O) groups excluding carboxylic acids is 2. The van der Waals surface area contributed by atoms with E-state index < -0.39 is 22.0 Å². The Morgan fingerprint density at radius 2 is 1.67 bits per heavy atom. The lowest BCUT2D eigenvalue weighted by Gasteiger charge is -2.19. The summed E-state index contributed by atoms with van der Waals surface area (Å²) in [4.78, 5) is 24.1. The number of ether oxygens (including phenoxy) is 2. The van der Waals surface area contributed by atoms with Crippen LogP contribution in [0.4, 0.5) is 0 Å². The van der Waals surface area contributed by atoms with Gasteiger partial charge in [0.05, 0.1) is 17.6 Å². The number of rotatable bonds is 6. The van der Waals surface area contributed by atoms with Gasteiger partial charge in [-0.05, 0) is 50.1 Å². The first kappa shape index (κ1) is 22.0. The van der Waals surface area contributed by atoms with Crippen LogP contribution in [-0.4, -0.2) is 44.9 Å². The molecule has 2 aromatic rings. The summed E-state index contributed by atoms with van der Waals surface area (Å²) in [5.41, 5.74) is 0.493. The highest BCUT2D eigenvalue weighted by atomic mass is 32.2. The van der Waals surface area contributed by atoms with E-state index in [0.29, 0.717) is 24.6 Å². The van der Waals surface area contributed by atoms with Crippen molar-refractivity contribution < 1.29 is 31.9 Å². The van der Waals surface area contributed by atoms with E-state index in [2.05, 4.69) is 4.74 Å². The van der Waals surface area contributed by atoms with Gasteiger partial charge in [-0.15, -0.1) is 0 Å². The zero-order valence-corrected chi connectivity index (χ0v) is 17.9. The van der Waals surface area contributed by atoms with Crippen molar-refractivity contribution in [1.29, 1.82) is 0 Å². The summed E-state index contributed by atoms with van der Waals surface area (Å²) < 4.78 is 42.4. The molecule has 0 spiro atoms. The molecule has 0 aliphatic carbocycles. The number of nitrogens with zero attached hydrogens (tertiary/aromatic N) is 1. The van der Waals surface area contributed by atoms with Crippen LogP contribution in [0.3, 0.4) is 0 Å². The Kier molecular flexibility index (Phi) is 6.94. The zero-order valence-electron chi connectivity index (χ0n) is 17.0. The highest BCUT2D eigenvalue weighted by Crippen LogP contribution is 2.21. The summed E-state index contributed by atoms with van der Waals surface area (Å²) in [5, 5.41) is 0. The lowest BCUT2D eigenvalue weighted by molar-refractivity contribution is 0.0443. The van der Waals surface area contributed by atoms with Crippen molar-refractivity contribution >= 4 is 22.0 Å². The van der Waals surface area contributed by atoms with Gasteiger partial charge < -0.3 is 13.9 Å². The summed E-state index contributed by atoms with van der Waals surface area (Å²) in [5.74, 6) is -0.477. The first-order valence-electron chi connectivity index (χ1n) is 9.78. The van der Waals surface area contributed by atoms with Crippen molar-refractivity contribution in [2.24, 2.45) is 0 Å². The zero-order chi connectivity index (χ0) is 21.7. The standard InChI is InChI=1S/C21H25NO7S/c1-15-19(21(24)27-2)13-17(29-15)14-28-20(23)16-7-9-18(10-8-16)30(25,26)22-11-5-3-4-6-12-22/h7-10,13H,3-6,11-12,14H2,1-2H3. The quantitative estimate of drug-likeness (QED) is 0.641. The van der Waals surface area contributed by atoms with Crippen LogP contribution in [-0.2, 0) is 26.1 Å². The lowest BCUT2D eigenvalue weighted by atomic mass is 10.2. The van der Waals surface area contributed by atoms with Crippen LogP contribution in [0.1, 0.15) is 57.9 Å². The molecule has 30 heavy (non-hydrogen) atoms. The topological polar surface area (TPSA) is 103 Å². The molecular formula is C21H25NO7S. The molecule has 1 aliphatic rings. The van der Waals surface area contributed by atoms with Gasteiger partial charge in [0.25, 0.3) is 0 Å². The molecule has 1 saturated heterocycles. The van der Waals surface area contributed by atoms with Gasteiger partial charge in [0.15, 0.2) is 0 Å². The minimum Gasteiger partial charge on any atom is -0.465 e. The van der Waals surface area contributed by atoms with Crippen molar-refractivity contribution in [3.63, 3.8) is 0 Å². The lowest BCUT2D eigenvalue weighted by Crippen LogP contribution is -2.31. The number of esters is 2. The molecule has 0 N–H and O–H groups in total. The van der Waals surface area contributed by atoms with Gasteiger partial charge in [-0.25, -0.2) is 18.0 Å². The summed E-state index contributed by atoms with van der Waals surface area (Å²) in [7, 11) is -2.30. The average molecular weight is 435 g/mol. The van der Waals surface area contributed by atoms with Gasteiger partial charge in [-0.3, -0.25) is 0 Å². The molecular weight excluding hydrogens is 410 g/mol. The SMILES string of the molecule is COC(=O)c1cc(COC(=O)c2ccc(S(=O)(=O)N3CCCCCC3)cc2)oc1C. The molecule has 1 aromatic carbocycles. The number of hydrogen-bond acceptors (Lipinski definition) is 7. The molecule has 1 aromatic heterocycles. The number of hydrogen-bond donors (Lipinski definition) is 0. The molecule has 2 heterocycles. The van der Waals surface area contributed by atoms with E-state index in [1.54, 1.807) is 6.92 Å². The first-order valence-corrected chi connectivity index (χ1v) is 11.2.